The first-order valence-corrected chi connectivity index (χ1v) is 10.0. The van der Waals surface area contributed by atoms with E-state index in [1.807, 2.05) is 48.5 Å². The van der Waals surface area contributed by atoms with Crippen LogP contribution in [0, 0.1) is 0 Å². The molecule has 0 spiro atoms. The van der Waals surface area contributed by atoms with Gasteiger partial charge in [-0.3, -0.25) is 9.89 Å². The van der Waals surface area contributed by atoms with Crippen molar-refractivity contribution < 1.29 is 19.0 Å². The van der Waals surface area contributed by atoms with Crippen LogP contribution in [0.4, 0.5) is 0 Å². The fraction of sp³-hybridized carbons (Fsp3) is 0.318. The standard InChI is InChI=1S/C22H25N5O4/c1-29-18-9-8-15(12-19(18)30-2)21-24-22(26-25-21)17-13-23-10-11-27(17)20(28)14-31-16-6-4-3-5-7-16/h3-9,12,17,23H,10-11,13-14H2,1-2H3,(H,24,25,26). The summed E-state index contributed by atoms with van der Waals surface area (Å²) < 4.78 is 16.3. The Bertz CT molecular complexity index is 1020. The molecule has 0 radical (unpaired) electrons. The first kappa shape index (κ1) is 20.7. The van der Waals surface area contributed by atoms with E-state index in [1.165, 1.54) is 0 Å². The van der Waals surface area contributed by atoms with E-state index in [4.69, 9.17) is 14.2 Å². The van der Waals surface area contributed by atoms with Gasteiger partial charge in [0.1, 0.15) is 17.6 Å². The van der Waals surface area contributed by atoms with Gasteiger partial charge in [-0.2, -0.15) is 5.10 Å². The minimum atomic E-state index is -0.262. The molecular weight excluding hydrogens is 398 g/mol. The molecule has 162 valence electrons. The number of hydrogen-bond acceptors (Lipinski definition) is 7. The van der Waals surface area contributed by atoms with Crippen LogP contribution in [0.25, 0.3) is 11.4 Å². The average Bonchev–Trinajstić information content (AvgIpc) is 3.33. The number of aromatic amines is 1. The topological polar surface area (TPSA) is 102 Å². The van der Waals surface area contributed by atoms with Crippen molar-refractivity contribution in [3.63, 3.8) is 0 Å². The number of ether oxygens (including phenoxy) is 3. The van der Waals surface area contributed by atoms with Gasteiger partial charge in [-0.15, -0.1) is 0 Å². The molecule has 9 nitrogen and oxygen atoms in total. The van der Waals surface area contributed by atoms with Crippen molar-refractivity contribution >= 4 is 5.91 Å². The summed E-state index contributed by atoms with van der Waals surface area (Å²) >= 11 is 0. The Labute approximate surface area is 180 Å². The number of aromatic nitrogens is 3. The lowest BCUT2D eigenvalue weighted by atomic mass is 10.1. The van der Waals surface area contributed by atoms with Crippen LogP contribution < -0.4 is 19.5 Å². The highest BCUT2D eigenvalue weighted by Crippen LogP contribution is 2.31. The lowest BCUT2D eigenvalue weighted by molar-refractivity contribution is -0.137. The maximum Gasteiger partial charge on any atom is 0.261 e. The zero-order chi connectivity index (χ0) is 21.6. The molecule has 1 amide bonds. The molecule has 9 heteroatoms. The van der Waals surface area contributed by atoms with E-state index in [9.17, 15) is 4.79 Å². The molecule has 1 fully saturated rings. The van der Waals surface area contributed by atoms with Crippen LogP contribution in [0.15, 0.2) is 48.5 Å². The Balaban J connectivity index is 1.50. The molecular formula is C22H25N5O4. The number of amides is 1. The van der Waals surface area contributed by atoms with E-state index >= 15 is 0 Å². The van der Waals surface area contributed by atoms with E-state index in [0.717, 1.165) is 5.56 Å². The molecule has 1 atom stereocenters. The van der Waals surface area contributed by atoms with Crippen molar-refractivity contribution in [3.8, 4) is 28.6 Å². The third-order valence-corrected chi connectivity index (χ3v) is 5.13. The van der Waals surface area contributed by atoms with Crippen LogP contribution in [-0.2, 0) is 4.79 Å². The van der Waals surface area contributed by atoms with Crippen LogP contribution in [0.3, 0.4) is 0 Å². The van der Waals surface area contributed by atoms with E-state index in [2.05, 4.69) is 20.5 Å². The van der Waals surface area contributed by atoms with Crippen LogP contribution in [0.5, 0.6) is 17.2 Å². The zero-order valence-corrected chi connectivity index (χ0v) is 17.5. The molecule has 4 rings (SSSR count). The molecule has 1 aromatic heterocycles. The molecule has 0 bridgehead atoms. The predicted molar refractivity (Wildman–Crippen MR) is 114 cm³/mol. The number of carbonyl (C=O) groups excluding carboxylic acids is 1. The summed E-state index contributed by atoms with van der Waals surface area (Å²) in [5.41, 5.74) is 0.786. The highest BCUT2D eigenvalue weighted by Gasteiger charge is 2.30. The van der Waals surface area contributed by atoms with E-state index in [0.29, 0.717) is 48.5 Å². The SMILES string of the molecule is COc1ccc(-c2n[nH]c(C3CNCCN3C(=O)COc3ccccc3)n2)cc1OC. The summed E-state index contributed by atoms with van der Waals surface area (Å²) in [6.45, 7) is 1.83. The Morgan fingerprint density at radius 3 is 2.71 bits per heavy atom. The van der Waals surface area contributed by atoms with Gasteiger partial charge >= 0.3 is 0 Å². The third kappa shape index (κ3) is 4.61. The molecule has 1 unspecified atom stereocenters. The van der Waals surface area contributed by atoms with Crippen LogP contribution >= 0.6 is 0 Å². The summed E-state index contributed by atoms with van der Waals surface area (Å²) in [5, 5.41) is 10.7. The van der Waals surface area contributed by atoms with Gasteiger partial charge in [0, 0.05) is 25.2 Å². The molecule has 2 aromatic carbocycles. The molecule has 0 saturated carbocycles. The quantitative estimate of drug-likeness (QED) is 0.600. The lowest BCUT2D eigenvalue weighted by Gasteiger charge is -2.34. The number of piperazine rings is 1. The minimum Gasteiger partial charge on any atom is -0.493 e. The van der Waals surface area contributed by atoms with Gasteiger partial charge in [-0.1, -0.05) is 18.2 Å². The van der Waals surface area contributed by atoms with Crippen LogP contribution in [0.1, 0.15) is 11.9 Å². The number of nitrogens with one attached hydrogen (secondary N) is 2. The Morgan fingerprint density at radius 1 is 1.13 bits per heavy atom. The molecule has 0 aliphatic carbocycles. The van der Waals surface area contributed by atoms with Gasteiger partial charge in [-0.05, 0) is 30.3 Å². The Hall–Kier alpha value is -3.59. The fourth-order valence-electron chi connectivity index (χ4n) is 3.52. The Morgan fingerprint density at radius 2 is 1.94 bits per heavy atom. The van der Waals surface area contributed by atoms with Gasteiger partial charge in [-0.25, -0.2) is 4.98 Å². The number of nitrogens with zero attached hydrogens (tertiary/aromatic N) is 3. The fourth-order valence-corrected chi connectivity index (χ4v) is 3.52. The summed E-state index contributed by atoms with van der Waals surface area (Å²) in [6, 6.07) is 14.5. The van der Waals surface area contributed by atoms with Crippen molar-refractivity contribution in [2.75, 3.05) is 40.5 Å². The van der Waals surface area contributed by atoms with Crippen molar-refractivity contribution in [1.29, 1.82) is 0 Å². The van der Waals surface area contributed by atoms with Gasteiger partial charge in [0.15, 0.2) is 23.9 Å². The molecule has 31 heavy (non-hydrogen) atoms. The number of carbonyl (C=O) groups is 1. The van der Waals surface area contributed by atoms with Crippen molar-refractivity contribution in [2.45, 2.75) is 6.04 Å². The molecule has 1 aliphatic rings. The van der Waals surface area contributed by atoms with Crippen molar-refractivity contribution in [1.82, 2.24) is 25.4 Å². The summed E-state index contributed by atoms with van der Waals surface area (Å²) in [6.07, 6.45) is 0. The second-order valence-corrected chi connectivity index (χ2v) is 7.02. The first-order valence-electron chi connectivity index (χ1n) is 10.0. The predicted octanol–water partition coefficient (Wildman–Crippen LogP) is 2.04. The molecule has 3 aromatic rings. The number of para-hydroxylation sites is 1. The monoisotopic (exact) mass is 423 g/mol. The number of hydrogen-bond donors (Lipinski definition) is 2. The van der Waals surface area contributed by atoms with Gasteiger partial charge < -0.3 is 24.4 Å². The van der Waals surface area contributed by atoms with Gasteiger partial charge in [0.2, 0.25) is 0 Å². The summed E-state index contributed by atoms with van der Waals surface area (Å²) in [7, 11) is 3.17. The highest BCUT2D eigenvalue weighted by molar-refractivity contribution is 5.78. The molecule has 2 heterocycles. The molecule has 1 aliphatic heterocycles. The van der Waals surface area contributed by atoms with E-state index in [-0.39, 0.29) is 18.6 Å². The van der Waals surface area contributed by atoms with Crippen LogP contribution in [0.2, 0.25) is 0 Å². The third-order valence-electron chi connectivity index (χ3n) is 5.13. The zero-order valence-electron chi connectivity index (χ0n) is 17.5. The summed E-state index contributed by atoms with van der Waals surface area (Å²) in [4.78, 5) is 19.3. The van der Waals surface area contributed by atoms with Gasteiger partial charge in [0.25, 0.3) is 5.91 Å². The average molecular weight is 423 g/mol. The number of benzene rings is 2. The number of rotatable bonds is 7. The molecule has 2 N–H and O–H groups in total. The number of methoxy groups -OCH3 is 2. The molecule has 1 saturated heterocycles. The number of H-pyrrole nitrogens is 1. The highest BCUT2D eigenvalue weighted by atomic mass is 16.5. The lowest BCUT2D eigenvalue weighted by Crippen LogP contribution is -2.50. The maximum absolute atomic E-state index is 12.9. The largest absolute Gasteiger partial charge is 0.493 e. The normalized spacial score (nSPS) is 16.1. The first-order chi connectivity index (χ1) is 15.2. The summed E-state index contributed by atoms with van der Waals surface area (Å²) in [5.74, 6) is 2.94. The van der Waals surface area contributed by atoms with E-state index < -0.39 is 0 Å². The maximum atomic E-state index is 12.9. The van der Waals surface area contributed by atoms with Crippen molar-refractivity contribution in [2.24, 2.45) is 0 Å². The van der Waals surface area contributed by atoms with Gasteiger partial charge in [0.05, 0.1) is 14.2 Å². The second-order valence-electron chi connectivity index (χ2n) is 7.02. The minimum absolute atomic E-state index is 0.0306. The second kappa shape index (κ2) is 9.48. The van der Waals surface area contributed by atoms with Crippen molar-refractivity contribution in [3.05, 3.63) is 54.4 Å². The van der Waals surface area contributed by atoms with E-state index in [1.54, 1.807) is 19.1 Å². The van der Waals surface area contributed by atoms with Crippen LogP contribution in [-0.4, -0.2) is 66.4 Å². The Kier molecular flexibility index (Phi) is 6.32. The smallest absolute Gasteiger partial charge is 0.261 e.